The minimum absolute atomic E-state index is 0.0844. The molecule has 0 heterocycles. The lowest BCUT2D eigenvalue weighted by molar-refractivity contribution is -0.128. The van der Waals surface area contributed by atoms with Crippen LogP contribution in [0.3, 0.4) is 0 Å². The van der Waals surface area contributed by atoms with Crippen molar-refractivity contribution in [2.75, 3.05) is 31.3 Å². The highest BCUT2D eigenvalue weighted by Gasteiger charge is 2.09. The molecule has 0 spiro atoms. The Bertz CT molecular complexity index is 894. The van der Waals surface area contributed by atoms with Gasteiger partial charge in [-0.1, -0.05) is 19.1 Å². The third-order valence-corrected chi connectivity index (χ3v) is 4.93. The fourth-order valence-electron chi connectivity index (χ4n) is 2.81. The quantitative estimate of drug-likeness (QED) is 0.546. The highest BCUT2D eigenvalue weighted by molar-refractivity contribution is 5.96. The van der Waals surface area contributed by atoms with Crippen molar-refractivity contribution in [2.24, 2.45) is 0 Å². The zero-order chi connectivity index (χ0) is 22.8. The largest absolute Gasteiger partial charge is 0.376 e. The highest BCUT2D eigenvalue weighted by Crippen LogP contribution is 2.13. The average Bonchev–Trinajstić information content (AvgIpc) is 2.76. The molecule has 1 atom stereocenters. The number of hydrogen-bond donors (Lipinski definition) is 3. The van der Waals surface area contributed by atoms with Gasteiger partial charge in [0.25, 0.3) is 5.91 Å². The van der Waals surface area contributed by atoms with Crippen molar-refractivity contribution in [1.29, 1.82) is 0 Å². The molecule has 0 saturated heterocycles. The molecule has 0 radical (unpaired) electrons. The summed E-state index contributed by atoms with van der Waals surface area (Å²) in [6.07, 6.45) is 1.96. The van der Waals surface area contributed by atoms with Gasteiger partial charge in [0.1, 0.15) is 0 Å². The van der Waals surface area contributed by atoms with Crippen LogP contribution in [0, 0.1) is 0 Å². The molecule has 7 nitrogen and oxygen atoms in total. The van der Waals surface area contributed by atoms with Crippen LogP contribution < -0.4 is 16.0 Å². The number of nitrogens with zero attached hydrogens (tertiary/aromatic N) is 1. The molecule has 2 aromatic carbocycles. The molecular formula is C24H32N4O3. The smallest absolute Gasteiger partial charge is 0.251 e. The maximum absolute atomic E-state index is 12.3. The molecule has 3 amide bonds. The normalized spacial score (nSPS) is 11.4. The summed E-state index contributed by atoms with van der Waals surface area (Å²) < 4.78 is 0. The third kappa shape index (κ3) is 8.12. The first-order valence-corrected chi connectivity index (χ1v) is 10.5. The summed E-state index contributed by atoms with van der Waals surface area (Å²) in [5.74, 6) is -0.229. The van der Waals surface area contributed by atoms with Crippen LogP contribution >= 0.6 is 0 Å². The first-order chi connectivity index (χ1) is 14.8. The average molecular weight is 425 g/mol. The van der Waals surface area contributed by atoms with E-state index < -0.39 is 0 Å². The fraction of sp³-hybridized carbons (Fsp3) is 0.375. The predicted octanol–water partition coefficient (Wildman–Crippen LogP) is 3.29. The summed E-state index contributed by atoms with van der Waals surface area (Å²) in [4.78, 5) is 37.7. The van der Waals surface area contributed by atoms with E-state index >= 15 is 0 Å². The number of benzene rings is 2. The molecule has 0 fully saturated rings. The second-order valence-corrected chi connectivity index (χ2v) is 7.75. The van der Waals surface area contributed by atoms with Gasteiger partial charge >= 0.3 is 0 Å². The number of anilines is 2. The Morgan fingerprint density at radius 2 is 1.71 bits per heavy atom. The van der Waals surface area contributed by atoms with E-state index in [1.807, 2.05) is 38.1 Å². The van der Waals surface area contributed by atoms with Gasteiger partial charge in [-0.3, -0.25) is 14.4 Å². The number of carbonyl (C=O) groups is 3. The molecule has 31 heavy (non-hydrogen) atoms. The zero-order valence-electron chi connectivity index (χ0n) is 18.7. The monoisotopic (exact) mass is 424 g/mol. The van der Waals surface area contributed by atoms with Crippen LogP contribution in [0.1, 0.15) is 42.6 Å². The first-order valence-electron chi connectivity index (χ1n) is 10.5. The van der Waals surface area contributed by atoms with Crippen LogP contribution in [0.4, 0.5) is 11.4 Å². The fourth-order valence-corrected chi connectivity index (χ4v) is 2.81. The van der Waals surface area contributed by atoms with E-state index in [0.29, 0.717) is 24.1 Å². The van der Waals surface area contributed by atoms with E-state index in [2.05, 4.69) is 16.0 Å². The minimum Gasteiger partial charge on any atom is -0.376 e. The lowest BCUT2D eigenvalue weighted by atomic mass is 10.1. The van der Waals surface area contributed by atoms with Crippen LogP contribution in [-0.4, -0.2) is 49.3 Å². The van der Waals surface area contributed by atoms with Crippen LogP contribution in [0.25, 0.3) is 0 Å². The lowest BCUT2D eigenvalue weighted by Crippen LogP contribution is -2.31. The maximum atomic E-state index is 12.3. The topological polar surface area (TPSA) is 90.5 Å². The molecule has 0 aliphatic carbocycles. The van der Waals surface area contributed by atoms with Gasteiger partial charge < -0.3 is 20.9 Å². The molecular weight excluding hydrogens is 392 g/mol. The second kappa shape index (κ2) is 11.7. The Morgan fingerprint density at radius 1 is 1.00 bits per heavy atom. The van der Waals surface area contributed by atoms with Crippen LogP contribution in [0.2, 0.25) is 0 Å². The van der Waals surface area contributed by atoms with Gasteiger partial charge in [0, 0.05) is 43.5 Å². The first kappa shape index (κ1) is 23.9. The number of rotatable bonds is 10. The molecule has 7 heteroatoms. The van der Waals surface area contributed by atoms with Crippen molar-refractivity contribution in [3.63, 3.8) is 0 Å². The molecule has 0 bridgehead atoms. The molecule has 3 N–H and O–H groups in total. The summed E-state index contributed by atoms with van der Waals surface area (Å²) in [7, 11) is 3.49. The van der Waals surface area contributed by atoms with Crippen molar-refractivity contribution in [3.8, 4) is 0 Å². The van der Waals surface area contributed by atoms with E-state index in [0.717, 1.165) is 17.7 Å². The van der Waals surface area contributed by atoms with Crippen LogP contribution in [0.5, 0.6) is 0 Å². The van der Waals surface area contributed by atoms with Gasteiger partial charge in [-0.05, 0) is 61.7 Å². The van der Waals surface area contributed by atoms with Gasteiger partial charge in [0.05, 0.1) is 6.54 Å². The Balaban J connectivity index is 1.83. The van der Waals surface area contributed by atoms with E-state index in [1.54, 1.807) is 43.3 Å². The maximum Gasteiger partial charge on any atom is 0.251 e. The Hall–Kier alpha value is -3.35. The molecule has 2 rings (SSSR count). The number of nitrogens with one attached hydrogen (secondary N) is 3. The van der Waals surface area contributed by atoms with Crippen LogP contribution in [-0.2, 0) is 16.0 Å². The molecule has 2 aromatic rings. The van der Waals surface area contributed by atoms with E-state index in [9.17, 15) is 14.4 Å². The molecule has 0 aliphatic heterocycles. The summed E-state index contributed by atoms with van der Waals surface area (Å²) >= 11 is 0. The van der Waals surface area contributed by atoms with E-state index in [-0.39, 0.29) is 30.3 Å². The van der Waals surface area contributed by atoms with Gasteiger partial charge in [0.15, 0.2) is 0 Å². The molecule has 0 aromatic heterocycles. The predicted molar refractivity (Wildman–Crippen MR) is 124 cm³/mol. The summed E-state index contributed by atoms with van der Waals surface area (Å²) in [6.45, 7) is 4.08. The second-order valence-electron chi connectivity index (χ2n) is 7.75. The lowest BCUT2D eigenvalue weighted by Gasteiger charge is -2.12. The standard InChI is InChI=1S/C24H32N4O3/c1-5-17(2)26-24(31)19-10-12-20(13-11-19)27-22(29)16-25-21-8-6-7-18(15-21)9-14-23(30)28(3)4/h6-8,10-13,15,17,25H,5,9,14,16H2,1-4H3,(H,26,31)(H,27,29). The Morgan fingerprint density at radius 3 is 2.35 bits per heavy atom. The van der Waals surface area contributed by atoms with Gasteiger partial charge in [-0.25, -0.2) is 0 Å². The zero-order valence-corrected chi connectivity index (χ0v) is 18.7. The Kier molecular flexibility index (Phi) is 9.06. The summed E-state index contributed by atoms with van der Waals surface area (Å²) in [5, 5.41) is 8.83. The highest BCUT2D eigenvalue weighted by atomic mass is 16.2. The van der Waals surface area contributed by atoms with Gasteiger partial charge in [0.2, 0.25) is 11.8 Å². The van der Waals surface area contributed by atoms with Crippen molar-refractivity contribution >= 4 is 29.1 Å². The van der Waals surface area contributed by atoms with Crippen LogP contribution in [0.15, 0.2) is 48.5 Å². The minimum atomic E-state index is -0.190. The Labute approximate surface area is 184 Å². The summed E-state index contributed by atoms with van der Waals surface area (Å²) in [5.41, 5.74) is 3.04. The molecule has 0 aliphatic rings. The molecule has 166 valence electrons. The number of carbonyl (C=O) groups excluding carboxylic acids is 3. The van der Waals surface area contributed by atoms with Gasteiger partial charge in [-0.2, -0.15) is 0 Å². The van der Waals surface area contributed by atoms with Crippen molar-refractivity contribution in [3.05, 3.63) is 59.7 Å². The number of amides is 3. The summed E-state index contributed by atoms with van der Waals surface area (Å²) in [6, 6.07) is 14.6. The van der Waals surface area contributed by atoms with Gasteiger partial charge in [-0.15, -0.1) is 0 Å². The van der Waals surface area contributed by atoms with Crippen molar-refractivity contribution in [2.45, 2.75) is 39.2 Å². The number of aryl methyl sites for hydroxylation is 1. The van der Waals surface area contributed by atoms with E-state index in [4.69, 9.17) is 0 Å². The molecule has 1 unspecified atom stereocenters. The number of hydrogen-bond acceptors (Lipinski definition) is 4. The SMILES string of the molecule is CCC(C)NC(=O)c1ccc(NC(=O)CNc2cccc(CCC(=O)N(C)C)c2)cc1. The van der Waals surface area contributed by atoms with Crippen molar-refractivity contribution in [1.82, 2.24) is 10.2 Å². The van der Waals surface area contributed by atoms with Crippen molar-refractivity contribution < 1.29 is 14.4 Å². The third-order valence-electron chi connectivity index (χ3n) is 4.93. The molecule has 0 saturated carbocycles. The van der Waals surface area contributed by atoms with E-state index in [1.165, 1.54) is 0 Å².